The van der Waals surface area contributed by atoms with Crippen LogP contribution in [0.3, 0.4) is 0 Å². The lowest BCUT2D eigenvalue weighted by molar-refractivity contribution is -0.137. The van der Waals surface area contributed by atoms with Gasteiger partial charge in [-0.15, -0.1) is 0 Å². The Morgan fingerprint density at radius 1 is 1.09 bits per heavy atom. The smallest absolute Gasteiger partial charge is 0.353 e. The number of carbonyl (C=O) groups excluding carboxylic acids is 4. The molecule has 2 aliphatic rings. The van der Waals surface area contributed by atoms with Crippen molar-refractivity contribution in [3.63, 3.8) is 0 Å². The van der Waals surface area contributed by atoms with E-state index >= 15 is 0 Å². The molecule has 2 aliphatic heterocycles. The van der Waals surface area contributed by atoms with E-state index in [1.807, 2.05) is 18.2 Å². The first-order valence-corrected chi connectivity index (χ1v) is 11.0. The van der Waals surface area contributed by atoms with E-state index in [2.05, 4.69) is 28.5 Å². The first kappa shape index (κ1) is 23.9. The third-order valence-corrected chi connectivity index (χ3v) is 5.97. The van der Waals surface area contributed by atoms with Crippen molar-refractivity contribution < 1.29 is 28.7 Å². The minimum Gasteiger partial charge on any atom is -0.464 e. The van der Waals surface area contributed by atoms with E-state index in [1.54, 1.807) is 24.3 Å². The van der Waals surface area contributed by atoms with Crippen LogP contribution in [0.25, 0.3) is 11.1 Å². The molecule has 0 saturated carbocycles. The molecule has 2 aromatic rings. The molecule has 0 aromatic heterocycles. The van der Waals surface area contributed by atoms with Crippen LogP contribution >= 0.6 is 0 Å². The van der Waals surface area contributed by atoms with Crippen LogP contribution < -0.4 is 10.6 Å². The number of methoxy groups -OCH3 is 1. The molecular formula is C26H25N3O6. The van der Waals surface area contributed by atoms with Crippen molar-refractivity contribution in [2.45, 2.75) is 19.0 Å². The number of nitrogens with one attached hydrogen (secondary N) is 2. The minimum absolute atomic E-state index is 0.0200. The highest BCUT2D eigenvalue weighted by atomic mass is 16.5. The SMILES string of the molecule is C=C(NC(=O)C(=C)N1Cc2c(cccc2-c2ccc(C(=O)NC3CCOC3)cc2)C1=O)C(=O)OC. The van der Waals surface area contributed by atoms with Gasteiger partial charge >= 0.3 is 5.97 Å². The second-order valence-electron chi connectivity index (χ2n) is 8.21. The second kappa shape index (κ2) is 9.94. The Kier molecular flexibility index (Phi) is 6.79. The monoisotopic (exact) mass is 475 g/mol. The normalized spacial score (nSPS) is 16.4. The molecule has 4 rings (SSSR count). The van der Waals surface area contributed by atoms with Gasteiger partial charge in [0.05, 0.1) is 26.3 Å². The Balaban J connectivity index is 1.50. The summed E-state index contributed by atoms with van der Waals surface area (Å²) in [5.74, 6) is -2.06. The first-order chi connectivity index (χ1) is 16.8. The number of ether oxygens (including phenoxy) is 2. The Labute approximate surface area is 202 Å². The summed E-state index contributed by atoms with van der Waals surface area (Å²) in [7, 11) is 1.17. The molecule has 9 heteroatoms. The summed E-state index contributed by atoms with van der Waals surface area (Å²) in [5, 5.41) is 5.25. The predicted molar refractivity (Wildman–Crippen MR) is 127 cm³/mol. The number of carbonyl (C=O) groups is 4. The molecule has 2 N–H and O–H groups in total. The van der Waals surface area contributed by atoms with Crippen molar-refractivity contribution in [1.29, 1.82) is 0 Å². The molecule has 3 amide bonds. The van der Waals surface area contributed by atoms with Crippen molar-refractivity contribution in [2.24, 2.45) is 0 Å². The zero-order valence-electron chi connectivity index (χ0n) is 19.3. The maximum Gasteiger partial charge on any atom is 0.353 e. The molecule has 1 saturated heterocycles. The van der Waals surface area contributed by atoms with Crippen LogP contribution in [-0.4, -0.2) is 55.0 Å². The van der Waals surface area contributed by atoms with Crippen LogP contribution in [0, 0.1) is 0 Å². The molecule has 35 heavy (non-hydrogen) atoms. The molecule has 0 bridgehead atoms. The molecule has 0 radical (unpaired) electrons. The third kappa shape index (κ3) is 4.85. The summed E-state index contributed by atoms with van der Waals surface area (Å²) in [6, 6.07) is 12.5. The number of nitrogens with zero attached hydrogens (tertiary/aromatic N) is 1. The van der Waals surface area contributed by atoms with Gasteiger partial charge in [-0.25, -0.2) is 4.79 Å². The summed E-state index contributed by atoms with van der Waals surface area (Å²) in [5.41, 5.74) is 2.97. The van der Waals surface area contributed by atoms with Gasteiger partial charge in [-0.1, -0.05) is 37.4 Å². The van der Waals surface area contributed by atoms with Gasteiger partial charge in [0, 0.05) is 17.7 Å². The molecule has 1 unspecified atom stereocenters. The average Bonchev–Trinajstić information content (AvgIpc) is 3.50. The molecule has 0 spiro atoms. The summed E-state index contributed by atoms with van der Waals surface area (Å²) >= 11 is 0. The summed E-state index contributed by atoms with van der Waals surface area (Å²) in [6.45, 7) is 8.47. The van der Waals surface area contributed by atoms with Gasteiger partial charge in [-0.2, -0.15) is 0 Å². The number of amides is 3. The van der Waals surface area contributed by atoms with Crippen molar-refractivity contribution in [3.8, 4) is 11.1 Å². The molecule has 1 atom stereocenters. The summed E-state index contributed by atoms with van der Waals surface area (Å²) in [4.78, 5) is 50.8. The van der Waals surface area contributed by atoms with Gasteiger partial charge in [0.25, 0.3) is 17.7 Å². The highest BCUT2D eigenvalue weighted by Gasteiger charge is 2.33. The highest BCUT2D eigenvalue weighted by Crippen LogP contribution is 2.34. The number of hydrogen-bond acceptors (Lipinski definition) is 6. The molecule has 0 aliphatic carbocycles. The van der Waals surface area contributed by atoms with Gasteiger partial charge < -0.3 is 20.1 Å². The fraction of sp³-hybridized carbons (Fsp3) is 0.231. The number of rotatable bonds is 7. The topological polar surface area (TPSA) is 114 Å². The Morgan fingerprint density at radius 2 is 1.80 bits per heavy atom. The van der Waals surface area contributed by atoms with Crippen LogP contribution in [0.15, 0.2) is 67.0 Å². The molecular weight excluding hydrogens is 450 g/mol. The fourth-order valence-electron chi connectivity index (χ4n) is 4.05. The Bertz CT molecular complexity index is 1230. The van der Waals surface area contributed by atoms with Crippen LogP contribution in [0.5, 0.6) is 0 Å². The van der Waals surface area contributed by atoms with Crippen molar-refractivity contribution >= 4 is 23.7 Å². The first-order valence-electron chi connectivity index (χ1n) is 11.0. The molecule has 2 aromatic carbocycles. The van der Waals surface area contributed by atoms with Crippen molar-refractivity contribution in [3.05, 3.63) is 83.7 Å². The van der Waals surface area contributed by atoms with E-state index in [0.717, 1.165) is 23.1 Å². The lowest BCUT2D eigenvalue weighted by Gasteiger charge is -2.18. The Morgan fingerprint density at radius 3 is 2.46 bits per heavy atom. The maximum atomic E-state index is 13.0. The standard InChI is InChI=1S/C26H25N3O6/c1-15(26(33)34-3)27-23(30)16(2)29-13-22-20(5-4-6-21(22)25(29)32)17-7-9-18(10-8-17)24(31)28-19-11-12-35-14-19/h4-10,19H,1-2,11-14H2,3H3,(H,27,30)(H,28,31). The fourth-order valence-corrected chi connectivity index (χ4v) is 4.05. The van der Waals surface area contributed by atoms with Gasteiger partial charge in [0.2, 0.25) is 0 Å². The number of hydrogen-bond donors (Lipinski definition) is 2. The molecule has 9 nitrogen and oxygen atoms in total. The molecule has 180 valence electrons. The van der Waals surface area contributed by atoms with E-state index in [0.29, 0.717) is 24.3 Å². The minimum atomic E-state index is -0.793. The predicted octanol–water partition coefficient (Wildman–Crippen LogP) is 2.14. The van der Waals surface area contributed by atoms with Crippen LogP contribution in [0.2, 0.25) is 0 Å². The van der Waals surface area contributed by atoms with E-state index in [-0.39, 0.29) is 35.8 Å². The lowest BCUT2D eigenvalue weighted by atomic mass is 9.96. The van der Waals surface area contributed by atoms with Gasteiger partial charge in [-0.05, 0) is 41.3 Å². The highest BCUT2D eigenvalue weighted by molar-refractivity contribution is 6.08. The number of benzene rings is 2. The van der Waals surface area contributed by atoms with Gasteiger partial charge in [0.1, 0.15) is 11.4 Å². The van der Waals surface area contributed by atoms with Gasteiger partial charge in [0.15, 0.2) is 0 Å². The van der Waals surface area contributed by atoms with Gasteiger partial charge in [-0.3, -0.25) is 19.3 Å². The van der Waals surface area contributed by atoms with E-state index < -0.39 is 11.9 Å². The van der Waals surface area contributed by atoms with Crippen LogP contribution in [-0.2, 0) is 25.6 Å². The van der Waals surface area contributed by atoms with Crippen LogP contribution in [0.4, 0.5) is 0 Å². The molecule has 1 fully saturated rings. The van der Waals surface area contributed by atoms with Crippen LogP contribution in [0.1, 0.15) is 32.7 Å². The zero-order valence-corrected chi connectivity index (χ0v) is 19.3. The zero-order chi connectivity index (χ0) is 25.1. The summed E-state index contributed by atoms with van der Waals surface area (Å²) < 4.78 is 9.81. The quantitative estimate of drug-likeness (QED) is 0.469. The van der Waals surface area contributed by atoms with Crippen molar-refractivity contribution in [1.82, 2.24) is 15.5 Å². The van der Waals surface area contributed by atoms with E-state index in [9.17, 15) is 19.2 Å². The lowest BCUT2D eigenvalue weighted by Crippen LogP contribution is -2.36. The third-order valence-electron chi connectivity index (χ3n) is 5.97. The number of fused-ring (bicyclic) bond motifs is 1. The Hall–Kier alpha value is -4.24. The second-order valence-corrected chi connectivity index (χ2v) is 8.21. The number of esters is 1. The van der Waals surface area contributed by atoms with Crippen molar-refractivity contribution in [2.75, 3.05) is 20.3 Å². The molecule has 2 heterocycles. The average molecular weight is 476 g/mol. The van der Waals surface area contributed by atoms with E-state index in [1.165, 1.54) is 12.0 Å². The van der Waals surface area contributed by atoms with E-state index in [4.69, 9.17) is 4.74 Å². The maximum absolute atomic E-state index is 13.0. The largest absolute Gasteiger partial charge is 0.464 e. The summed E-state index contributed by atoms with van der Waals surface area (Å²) in [6.07, 6.45) is 0.796.